The van der Waals surface area contributed by atoms with Crippen LogP contribution in [-0.2, 0) is 19.2 Å². The number of amides is 3. The van der Waals surface area contributed by atoms with Crippen molar-refractivity contribution in [3.63, 3.8) is 0 Å². The van der Waals surface area contributed by atoms with Crippen LogP contribution in [0.5, 0.6) is 0 Å². The van der Waals surface area contributed by atoms with Crippen LogP contribution in [0, 0.1) is 0 Å². The predicted octanol–water partition coefficient (Wildman–Crippen LogP) is -2.06. The second-order valence-electron chi connectivity index (χ2n) is 5.92. The van der Waals surface area contributed by atoms with Crippen LogP contribution < -0.4 is 21.7 Å². The smallest absolute Gasteiger partial charge is 0.325 e. The lowest BCUT2D eigenvalue weighted by molar-refractivity contribution is -0.141. The van der Waals surface area contributed by atoms with E-state index in [1.54, 1.807) is 0 Å². The minimum absolute atomic E-state index is 0.0692. The average molecular weight is 425 g/mol. The summed E-state index contributed by atoms with van der Waals surface area (Å²) < 4.78 is 0. The Balaban J connectivity index is 5.05. The summed E-state index contributed by atoms with van der Waals surface area (Å²) in [7, 11) is 0. The molecule has 0 aromatic rings. The SMILES string of the molecule is CSCCC(NC(=O)C(N)C(C)O)C(=O)NC(CS)C(=O)NC(C)C(=O)O. The van der Waals surface area contributed by atoms with Crippen LogP contribution in [0.25, 0.3) is 0 Å². The number of hydrogen-bond acceptors (Lipinski definition) is 8. The lowest BCUT2D eigenvalue weighted by Gasteiger charge is -2.24. The van der Waals surface area contributed by atoms with Crippen molar-refractivity contribution in [2.75, 3.05) is 17.8 Å². The summed E-state index contributed by atoms with van der Waals surface area (Å²) in [6.07, 6.45) is 1.01. The second kappa shape index (κ2) is 12.8. The number of carbonyl (C=O) groups excluding carboxylic acids is 3. The Morgan fingerprint density at radius 2 is 1.56 bits per heavy atom. The van der Waals surface area contributed by atoms with Gasteiger partial charge in [-0.3, -0.25) is 19.2 Å². The van der Waals surface area contributed by atoms with Crippen molar-refractivity contribution in [1.82, 2.24) is 16.0 Å². The maximum absolute atomic E-state index is 12.5. The van der Waals surface area contributed by atoms with Crippen LogP contribution >= 0.6 is 24.4 Å². The standard InChI is InChI=1S/C15H28N4O6S2/c1-7(15(24)25)17-13(22)10(6-26)19-12(21)9(4-5-27-3)18-14(23)11(16)8(2)20/h7-11,20,26H,4-6,16H2,1-3H3,(H,17,22)(H,18,23)(H,19,21)(H,24,25). The Morgan fingerprint density at radius 3 is 2.00 bits per heavy atom. The molecule has 12 heteroatoms. The molecule has 0 aromatic heterocycles. The highest BCUT2D eigenvalue weighted by atomic mass is 32.2. The molecule has 0 saturated carbocycles. The average Bonchev–Trinajstić information content (AvgIpc) is 2.61. The molecule has 5 atom stereocenters. The summed E-state index contributed by atoms with van der Waals surface area (Å²) in [5, 5.41) is 25.4. The highest BCUT2D eigenvalue weighted by Gasteiger charge is 2.29. The van der Waals surface area contributed by atoms with Crippen molar-refractivity contribution in [2.24, 2.45) is 5.73 Å². The molecule has 27 heavy (non-hydrogen) atoms. The number of carbonyl (C=O) groups is 4. The number of rotatable bonds is 12. The minimum Gasteiger partial charge on any atom is -0.480 e. The van der Waals surface area contributed by atoms with Crippen LogP contribution in [0.4, 0.5) is 0 Å². The highest BCUT2D eigenvalue weighted by molar-refractivity contribution is 7.98. The molecule has 0 aliphatic heterocycles. The molecular formula is C15H28N4O6S2. The van der Waals surface area contributed by atoms with Crippen molar-refractivity contribution in [2.45, 2.75) is 50.5 Å². The number of nitrogens with one attached hydrogen (secondary N) is 3. The van der Waals surface area contributed by atoms with E-state index in [4.69, 9.17) is 10.8 Å². The van der Waals surface area contributed by atoms with Crippen molar-refractivity contribution >= 4 is 48.1 Å². The number of aliphatic carboxylic acids is 1. The van der Waals surface area contributed by atoms with E-state index < -0.39 is 54.0 Å². The Kier molecular flexibility index (Phi) is 12.1. The molecule has 0 heterocycles. The first-order valence-electron chi connectivity index (χ1n) is 8.22. The lowest BCUT2D eigenvalue weighted by atomic mass is 10.1. The molecule has 156 valence electrons. The molecule has 0 aliphatic rings. The zero-order valence-electron chi connectivity index (χ0n) is 15.5. The minimum atomic E-state index is -1.22. The summed E-state index contributed by atoms with van der Waals surface area (Å²) in [6, 6.07) is -4.38. The number of nitrogens with two attached hydrogens (primary N) is 1. The van der Waals surface area contributed by atoms with Gasteiger partial charge >= 0.3 is 5.97 Å². The molecule has 5 unspecified atom stereocenters. The molecule has 0 aliphatic carbocycles. The third kappa shape index (κ3) is 9.31. The van der Waals surface area contributed by atoms with Gasteiger partial charge in [-0.15, -0.1) is 0 Å². The number of hydrogen-bond donors (Lipinski definition) is 7. The first kappa shape index (κ1) is 25.5. The topological polar surface area (TPSA) is 171 Å². The first-order chi connectivity index (χ1) is 12.5. The maximum Gasteiger partial charge on any atom is 0.325 e. The monoisotopic (exact) mass is 424 g/mol. The zero-order valence-corrected chi connectivity index (χ0v) is 17.2. The van der Waals surface area contributed by atoms with Gasteiger partial charge in [0.15, 0.2) is 0 Å². The maximum atomic E-state index is 12.5. The van der Waals surface area contributed by atoms with E-state index in [9.17, 15) is 24.3 Å². The molecule has 0 rings (SSSR count). The number of thiol groups is 1. The van der Waals surface area contributed by atoms with Crippen molar-refractivity contribution in [1.29, 1.82) is 0 Å². The molecule has 7 N–H and O–H groups in total. The van der Waals surface area contributed by atoms with E-state index in [-0.39, 0.29) is 12.2 Å². The summed E-state index contributed by atoms with van der Waals surface area (Å²) in [5.74, 6) is -2.77. The van der Waals surface area contributed by atoms with E-state index in [0.29, 0.717) is 5.75 Å². The van der Waals surface area contributed by atoms with E-state index in [0.717, 1.165) is 0 Å². The van der Waals surface area contributed by atoms with Gasteiger partial charge in [0.05, 0.1) is 6.10 Å². The fraction of sp³-hybridized carbons (Fsp3) is 0.733. The molecule has 0 bridgehead atoms. The Morgan fingerprint density at radius 1 is 1.04 bits per heavy atom. The Bertz CT molecular complexity index is 534. The fourth-order valence-corrected chi connectivity index (χ4v) is 2.56. The summed E-state index contributed by atoms with van der Waals surface area (Å²) in [6.45, 7) is 2.64. The molecule has 10 nitrogen and oxygen atoms in total. The number of carboxylic acid groups (broad SMARTS) is 1. The van der Waals surface area contributed by atoms with E-state index in [1.807, 2.05) is 6.26 Å². The summed E-state index contributed by atoms with van der Waals surface area (Å²) in [5.41, 5.74) is 5.57. The quantitative estimate of drug-likeness (QED) is 0.175. The third-order valence-corrected chi connectivity index (χ3v) is 4.62. The van der Waals surface area contributed by atoms with Crippen LogP contribution in [0.2, 0.25) is 0 Å². The van der Waals surface area contributed by atoms with E-state index >= 15 is 0 Å². The van der Waals surface area contributed by atoms with Gasteiger partial charge in [-0.2, -0.15) is 24.4 Å². The number of thioether (sulfide) groups is 1. The van der Waals surface area contributed by atoms with Crippen LogP contribution in [0.3, 0.4) is 0 Å². The molecule has 0 aromatic carbocycles. The van der Waals surface area contributed by atoms with Crippen molar-refractivity contribution in [3.8, 4) is 0 Å². The second-order valence-corrected chi connectivity index (χ2v) is 7.27. The van der Waals surface area contributed by atoms with Crippen LogP contribution in [0.15, 0.2) is 0 Å². The van der Waals surface area contributed by atoms with E-state index in [2.05, 4.69) is 28.6 Å². The molecule has 0 spiro atoms. The molecular weight excluding hydrogens is 396 g/mol. The Labute approximate surface area is 167 Å². The Hall–Kier alpha value is -1.50. The van der Waals surface area contributed by atoms with Crippen molar-refractivity contribution < 1.29 is 29.4 Å². The summed E-state index contributed by atoms with van der Waals surface area (Å²) >= 11 is 5.46. The summed E-state index contributed by atoms with van der Waals surface area (Å²) in [4.78, 5) is 47.5. The zero-order chi connectivity index (χ0) is 21.1. The van der Waals surface area contributed by atoms with Gasteiger partial charge in [-0.25, -0.2) is 0 Å². The van der Waals surface area contributed by atoms with Gasteiger partial charge in [0.1, 0.15) is 24.2 Å². The molecule has 3 amide bonds. The largest absolute Gasteiger partial charge is 0.480 e. The van der Waals surface area contributed by atoms with E-state index in [1.165, 1.54) is 25.6 Å². The van der Waals surface area contributed by atoms with Crippen LogP contribution in [0.1, 0.15) is 20.3 Å². The van der Waals surface area contributed by atoms with Crippen LogP contribution in [-0.4, -0.2) is 81.9 Å². The van der Waals surface area contributed by atoms with Gasteiger partial charge in [0.25, 0.3) is 0 Å². The van der Waals surface area contributed by atoms with Gasteiger partial charge < -0.3 is 31.9 Å². The van der Waals surface area contributed by atoms with Crippen molar-refractivity contribution in [3.05, 3.63) is 0 Å². The lowest BCUT2D eigenvalue weighted by Crippen LogP contribution is -2.58. The highest BCUT2D eigenvalue weighted by Crippen LogP contribution is 2.03. The molecule has 0 saturated heterocycles. The number of aliphatic hydroxyl groups is 1. The number of carboxylic acids is 1. The van der Waals surface area contributed by atoms with Gasteiger partial charge in [-0.05, 0) is 32.3 Å². The molecule has 0 radical (unpaired) electrons. The van der Waals surface area contributed by atoms with Gasteiger partial charge in [-0.1, -0.05) is 0 Å². The normalized spacial score (nSPS) is 16.4. The van der Waals surface area contributed by atoms with Gasteiger partial charge in [0, 0.05) is 5.75 Å². The number of aliphatic hydroxyl groups excluding tert-OH is 1. The third-order valence-electron chi connectivity index (χ3n) is 3.61. The predicted molar refractivity (Wildman–Crippen MR) is 106 cm³/mol. The van der Waals surface area contributed by atoms with Gasteiger partial charge in [0.2, 0.25) is 17.7 Å². The first-order valence-corrected chi connectivity index (χ1v) is 10.2. The molecule has 0 fully saturated rings. The fourth-order valence-electron chi connectivity index (χ4n) is 1.83.